The molecule has 0 saturated carbocycles. The van der Waals surface area contributed by atoms with E-state index in [9.17, 15) is 4.39 Å². The molecule has 0 aliphatic carbocycles. The zero-order valence-corrected chi connectivity index (χ0v) is 16.7. The van der Waals surface area contributed by atoms with E-state index >= 15 is 0 Å². The van der Waals surface area contributed by atoms with Crippen molar-refractivity contribution in [3.8, 4) is 17.2 Å². The number of halogens is 1. The van der Waals surface area contributed by atoms with E-state index in [1.807, 2.05) is 53.5 Å². The van der Waals surface area contributed by atoms with Gasteiger partial charge < -0.3 is 14.2 Å². The minimum atomic E-state index is -0.646. The zero-order valence-electron chi connectivity index (χ0n) is 16.7. The third-order valence-electron chi connectivity index (χ3n) is 5.59. The molecule has 0 bridgehead atoms. The number of hydrogen-bond donors (Lipinski definition) is 0. The molecule has 5 nitrogen and oxygen atoms in total. The lowest BCUT2D eigenvalue weighted by molar-refractivity contribution is -0.0212. The van der Waals surface area contributed by atoms with Gasteiger partial charge in [0.05, 0.1) is 31.5 Å². The molecule has 0 fully saturated rings. The van der Waals surface area contributed by atoms with Crippen LogP contribution in [-0.4, -0.2) is 24.9 Å². The third kappa shape index (κ3) is 2.96. The quantitative estimate of drug-likeness (QED) is 0.608. The first-order valence-corrected chi connectivity index (χ1v) is 9.78. The Morgan fingerprint density at radius 3 is 2.50 bits per heavy atom. The number of benzene rings is 3. The maximum Gasteiger partial charge on any atom is 0.216 e. The van der Waals surface area contributed by atoms with E-state index in [2.05, 4.69) is 0 Å². The fourth-order valence-corrected chi connectivity index (χ4v) is 4.11. The summed E-state index contributed by atoms with van der Waals surface area (Å²) in [5.41, 5.74) is 3.25. The molecule has 2 heterocycles. The first kappa shape index (κ1) is 18.5. The Hall–Kier alpha value is -3.54. The molecule has 0 saturated heterocycles. The Morgan fingerprint density at radius 2 is 1.73 bits per heavy atom. The summed E-state index contributed by atoms with van der Waals surface area (Å²) in [6, 6.07) is 20.2. The Bertz CT molecular complexity index is 1130. The van der Waals surface area contributed by atoms with Crippen LogP contribution in [0, 0.1) is 5.82 Å². The van der Waals surface area contributed by atoms with Gasteiger partial charge in [-0.05, 0) is 24.3 Å². The Labute approximate surface area is 174 Å². The number of rotatable bonds is 4. The summed E-state index contributed by atoms with van der Waals surface area (Å²) in [5.74, 6) is 1.84. The highest BCUT2D eigenvalue weighted by atomic mass is 19.1. The van der Waals surface area contributed by atoms with Crippen molar-refractivity contribution in [2.24, 2.45) is 5.10 Å². The molecule has 2 atom stereocenters. The minimum Gasteiger partial charge on any atom is -0.497 e. The lowest BCUT2D eigenvalue weighted by atomic mass is 9.95. The molecular weight excluding hydrogens is 383 g/mol. The standard InChI is InChI=1S/C24H21FN2O3/c1-28-15-11-12-17(23(13-15)29-2)20-14-21-18-8-4-6-10-22(18)30-24(27(21)26-20)16-7-3-5-9-19(16)25/h3-13,21,24H,14H2,1-2H3/t21-,24+/m0/s1. The average molecular weight is 404 g/mol. The summed E-state index contributed by atoms with van der Waals surface area (Å²) >= 11 is 0. The SMILES string of the molecule is COc1ccc(C2=NN3[C@@H](c4ccccc4F)Oc4ccccc4[C@@H]3C2)c(OC)c1. The van der Waals surface area contributed by atoms with E-state index < -0.39 is 6.23 Å². The molecule has 0 amide bonds. The largest absolute Gasteiger partial charge is 0.497 e. The Balaban J connectivity index is 1.61. The molecule has 152 valence electrons. The summed E-state index contributed by atoms with van der Waals surface area (Å²) in [4.78, 5) is 0. The zero-order chi connectivity index (χ0) is 20.7. The van der Waals surface area contributed by atoms with E-state index in [4.69, 9.17) is 19.3 Å². The molecule has 0 aromatic heterocycles. The molecule has 0 N–H and O–H groups in total. The van der Waals surface area contributed by atoms with Gasteiger partial charge >= 0.3 is 0 Å². The monoisotopic (exact) mass is 404 g/mol. The van der Waals surface area contributed by atoms with Crippen LogP contribution in [-0.2, 0) is 0 Å². The van der Waals surface area contributed by atoms with Gasteiger partial charge in [0.25, 0.3) is 0 Å². The van der Waals surface area contributed by atoms with Crippen molar-refractivity contribution in [3.05, 3.63) is 89.2 Å². The van der Waals surface area contributed by atoms with Gasteiger partial charge in [-0.3, -0.25) is 0 Å². The summed E-state index contributed by atoms with van der Waals surface area (Å²) in [7, 11) is 3.25. The second kappa shape index (κ2) is 7.37. The van der Waals surface area contributed by atoms with Gasteiger partial charge in [0.2, 0.25) is 6.23 Å². The molecule has 0 radical (unpaired) electrons. The van der Waals surface area contributed by atoms with Crippen LogP contribution in [0.1, 0.15) is 35.4 Å². The number of hydrazone groups is 1. The van der Waals surface area contributed by atoms with E-state index in [1.54, 1.807) is 26.4 Å². The highest BCUT2D eigenvalue weighted by molar-refractivity contribution is 6.04. The molecular formula is C24H21FN2O3. The number of hydrogen-bond acceptors (Lipinski definition) is 5. The number of fused-ring (bicyclic) bond motifs is 3. The van der Waals surface area contributed by atoms with Gasteiger partial charge in [-0.1, -0.05) is 36.4 Å². The lowest BCUT2D eigenvalue weighted by Crippen LogP contribution is -2.34. The van der Waals surface area contributed by atoms with Crippen LogP contribution in [0.3, 0.4) is 0 Å². The normalized spacial score (nSPS) is 19.4. The highest BCUT2D eigenvalue weighted by Gasteiger charge is 2.42. The van der Waals surface area contributed by atoms with Crippen molar-refractivity contribution < 1.29 is 18.6 Å². The molecule has 3 aromatic rings. The van der Waals surface area contributed by atoms with Crippen molar-refractivity contribution in [3.63, 3.8) is 0 Å². The molecule has 2 aliphatic heterocycles. The summed E-state index contributed by atoms with van der Waals surface area (Å²) in [5, 5.41) is 6.74. The van der Waals surface area contributed by atoms with Crippen molar-refractivity contribution in [1.29, 1.82) is 0 Å². The summed E-state index contributed by atoms with van der Waals surface area (Å²) in [6.45, 7) is 0. The van der Waals surface area contributed by atoms with E-state index in [1.165, 1.54) is 6.07 Å². The van der Waals surface area contributed by atoms with E-state index in [0.717, 1.165) is 22.6 Å². The predicted octanol–water partition coefficient (Wildman–Crippen LogP) is 5.09. The molecule has 5 rings (SSSR count). The maximum absolute atomic E-state index is 14.6. The van der Waals surface area contributed by atoms with Gasteiger partial charge in [-0.2, -0.15) is 5.10 Å². The Morgan fingerprint density at radius 1 is 0.967 bits per heavy atom. The number of para-hydroxylation sites is 1. The Kier molecular flexibility index (Phi) is 4.54. The third-order valence-corrected chi connectivity index (χ3v) is 5.59. The van der Waals surface area contributed by atoms with Crippen molar-refractivity contribution in [1.82, 2.24) is 5.01 Å². The smallest absolute Gasteiger partial charge is 0.216 e. The van der Waals surface area contributed by atoms with Crippen LogP contribution >= 0.6 is 0 Å². The second-order valence-corrected chi connectivity index (χ2v) is 7.24. The predicted molar refractivity (Wildman–Crippen MR) is 111 cm³/mol. The average Bonchev–Trinajstić information content (AvgIpc) is 3.24. The van der Waals surface area contributed by atoms with Crippen molar-refractivity contribution >= 4 is 5.71 Å². The van der Waals surface area contributed by atoms with Gasteiger partial charge in [0.1, 0.15) is 23.1 Å². The van der Waals surface area contributed by atoms with Crippen LogP contribution in [0.4, 0.5) is 4.39 Å². The molecule has 0 spiro atoms. The van der Waals surface area contributed by atoms with Crippen LogP contribution in [0.25, 0.3) is 0 Å². The number of methoxy groups -OCH3 is 2. The van der Waals surface area contributed by atoms with Crippen LogP contribution in [0.15, 0.2) is 71.8 Å². The van der Waals surface area contributed by atoms with Crippen LogP contribution < -0.4 is 14.2 Å². The molecule has 2 aliphatic rings. The topological polar surface area (TPSA) is 43.3 Å². The van der Waals surface area contributed by atoms with Crippen molar-refractivity contribution in [2.45, 2.75) is 18.7 Å². The fourth-order valence-electron chi connectivity index (χ4n) is 4.11. The van der Waals surface area contributed by atoms with E-state index in [0.29, 0.717) is 23.5 Å². The molecule has 6 heteroatoms. The summed E-state index contributed by atoms with van der Waals surface area (Å²) < 4.78 is 31.8. The van der Waals surface area contributed by atoms with Crippen LogP contribution in [0.2, 0.25) is 0 Å². The molecule has 30 heavy (non-hydrogen) atoms. The van der Waals surface area contributed by atoms with Gasteiger partial charge in [-0.15, -0.1) is 0 Å². The van der Waals surface area contributed by atoms with Crippen molar-refractivity contribution in [2.75, 3.05) is 14.2 Å². The molecule has 3 aromatic carbocycles. The number of nitrogens with zero attached hydrogens (tertiary/aromatic N) is 2. The lowest BCUT2D eigenvalue weighted by Gasteiger charge is -2.38. The first-order valence-electron chi connectivity index (χ1n) is 9.78. The van der Waals surface area contributed by atoms with Gasteiger partial charge in [-0.25, -0.2) is 9.40 Å². The van der Waals surface area contributed by atoms with Gasteiger partial charge in [0, 0.05) is 23.6 Å². The maximum atomic E-state index is 14.6. The minimum absolute atomic E-state index is 0.0543. The van der Waals surface area contributed by atoms with Crippen LogP contribution in [0.5, 0.6) is 17.2 Å². The fraction of sp³-hybridized carbons (Fsp3) is 0.208. The van der Waals surface area contributed by atoms with E-state index in [-0.39, 0.29) is 11.9 Å². The van der Waals surface area contributed by atoms with Gasteiger partial charge in [0.15, 0.2) is 0 Å². The summed E-state index contributed by atoms with van der Waals surface area (Å²) in [6.07, 6.45) is 0.0152. The molecule has 0 unspecified atom stereocenters. The second-order valence-electron chi connectivity index (χ2n) is 7.24. The highest BCUT2D eigenvalue weighted by Crippen LogP contribution is 2.48. The first-order chi connectivity index (χ1) is 14.7. The number of ether oxygens (including phenoxy) is 3.